The van der Waals surface area contributed by atoms with Crippen molar-refractivity contribution in [2.24, 2.45) is 0 Å². The lowest BCUT2D eigenvalue weighted by Crippen LogP contribution is -2.35. The van der Waals surface area contributed by atoms with Crippen molar-refractivity contribution in [2.75, 3.05) is 9.80 Å². The smallest absolute Gasteiger partial charge is 0.235 e. The van der Waals surface area contributed by atoms with Gasteiger partial charge in [0.15, 0.2) is 0 Å². The second-order valence-corrected chi connectivity index (χ2v) is 17.5. The van der Waals surface area contributed by atoms with Crippen LogP contribution in [0.5, 0.6) is 0 Å². The van der Waals surface area contributed by atoms with E-state index in [4.69, 9.17) is 9.97 Å². The predicted octanol–water partition coefficient (Wildman–Crippen LogP) is 15.4. The maximum Gasteiger partial charge on any atom is 0.235 e. The minimum Gasteiger partial charge on any atom is -0.310 e. The Morgan fingerprint density at radius 1 is 0.306 bits per heavy atom. The molecule has 0 N–H and O–H groups in total. The number of rotatable bonds is 6. The molecule has 62 heavy (non-hydrogen) atoms. The molecule has 2 aliphatic rings. The summed E-state index contributed by atoms with van der Waals surface area (Å²) in [5.41, 5.74) is 18.4. The number of fused-ring (bicyclic) bond motifs is 4. The van der Waals surface area contributed by atoms with E-state index in [0.717, 1.165) is 39.6 Å². The summed E-state index contributed by atoms with van der Waals surface area (Å²) >= 11 is 0. The van der Waals surface area contributed by atoms with Crippen LogP contribution in [0.15, 0.2) is 206 Å². The van der Waals surface area contributed by atoms with Crippen molar-refractivity contribution in [3.8, 4) is 44.8 Å². The van der Waals surface area contributed by atoms with E-state index in [1.165, 1.54) is 55.9 Å². The monoisotopic (exact) mass is 798 g/mol. The highest BCUT2D eigenvalue weighted by molar-refractivity contribution is 5.93. The van der Waals surface area contributed by atoms with E-state index >= 15 is 0 Å². The lowest BCUT2D eigenvalue weighted by atomic mass is 9.68. The van der Waals surface area contributed by atoms with Crippen LogP contribution < -0.4 is 9.80 Å². The summed E-state index contributed by atoms with van der Waals surface area (Å²) in [6.07, 6.45) is 0. The average molecular weight is 799 g/mol. The first kappa shape index (κ1) is 37.4. The Morgan fingerprint density at radius 3 is 1.10 bits per heavy atom. The first-order valence-corrected chi connectivity index (χ1v) is 21.5. The zero-order valence-electron chi connectivity index (χ0n) is 35.4. The Hall–Kier alpha value is -7.56. The third-order valence-corrected chi connectivity index (χ3v) is 13.0. The number of nitrogens with zero attached hydrogens (tertiary/aromatic N) is 4. The molecule has 0 amide bonds. The fourth-order valence-corrected chi connectivity index (χ4v) is 9.70. The van der Waals surface area contributed by atoms with Crippen molar-refractivity contribution in [3.05, 3.63) is 229 Å². The van der Waals surface area contributed by atoms with Crippen LogP contribution >= 0.6 is 0 Å². The van der Waals surface area contributed by atoms with Gasteiger partial charge in [0, 0.05) is 27.6 Å². The van der Waals surface area contributed by atoms with E-state index in [-0.39, 0.29) is 5.41 Å². The van der Waals surface area contributed by atoms with Gasteiger partial charge in [-0.2, -0.15) is 0 Å². The number of para-hydroxylation sites is 1. The molecule has 0 radical (unpaired) electrons. The molecule has 2 aliphatic heterocycles. The molecule has 3 heterocycles. The van der Waals surface area contributed by atoms with Gasteiger partial charge in [-0.15, -0.1) is 0 Å². The van der Waals surface area contributed by atoms with Crippen LogP contribution in [0.3, 0.4) is 0 Å². The maximum absolute atomic E-state index is 5.48. The summed E-state index contributed by atoms with van der Waals surface area (Å²) in [5, 5.41) is 0. The molecule has 0 saturated carbocycles. The topological polar surface area (TPSA) is 32.3 Å². The van der Waals surface area contributed by atoms with Gasteiger partial charge in [0.1, 0.15) is 0 Å². The molecule has 11 rings (SSSR count). The third-order valence-electron chi connectivity index (χ3n) is 13.0. The van der Waals surface area contributed by atoms with Crippen molar-refractivity contribution >= 4 is 34.4 Å². The van der Waals surface area contributed by atoms with Gasteiger partial charge in [0.05, 0.1) is 34.1 Å². The Morgan fingerprint density at radius 2 is 0.661 bits per heavy atom. The Kier molecular flexibility index (Phi) is 8.80. The highest BCUT2D eigenvalue weighted by atomic mass is 15.3. The first-order chi connectivity index (χ1) is 30.3. The van der Waals surface area contributed by atoms with E-state index in [0.29, 0.717) is 5.95 Å². The molecule has 298 valence electrons. The molecule has 0 spiro atoms. The molecule has 0 atom stereocenters. The standard InChI is InChI=1S/C58H46N4/c1-57(2)46-34-43(39-20-10-5-11-21-39)30-32-52(46)61(45-28-18-9-19-29-45)54-36-49-55(37-48(54)57)62(53-33-31-44(35-47(53)58(49,3)4)40-22-12-6-13-23-40)56-59-50(41-24-14-7-15-25-41)38-51(60-56)42-26-16-8-17-27-42/h5-38H,1-4H3. The van der Waals surface area contributed by atoms with Crippen LogP contribution in [-0.4, -0.2) is 9.97 Å². The number of hydrogen-bond donors (Lipinski definition) is 0. The SMILES string of the molecule is CC1(C)c2cc(-c3ccccc3)ccc2N(c2ccccc2)c2cc3c(cc21)N(c1nc(-c2ccccc2)cc(-c2ccccc2)n1)c1ccc(-c2ccccc2)cc1C3(C)C. The van der Waals surface area contributed by atoms with Crippen LogP contribution in [-0.2, 0) is 10.8 Å². The van der Waals surface area contributed by atoms with Crippen LogP contribution in [0.2, 0.25) is 0 Å². The molecule has 4 nitrogen and oxygen atoms in total. The van der Waals surface area contributed by atoms with Gasteiger partial charge in [-0.25, -0.2) is 9.97 Å². The van der Waals surface area contributed by atoms with E-state index < -0.39 is 5.41 Å². The van der Waals surface area contributed by atoms with Crippen molar-refractivity contribution in [3.63, 3.8) is 0 Å². The number of benzene rings is 8. The molecule has 1 aromatic heterocycles. The molecule has 8 aromatic carbocycles. The number of hydrogen-bond acceptors (Lipinski definition) is 4. The molecule has 0 aliphatic carbocycles. The highest BCUT2D eigenvalue weighted by Crippen LogP contribution is 2.59. The quantitative estimate of drug-likeness (QED) is 0.168. The van der Waals surface area contributed by atoms with E-state index in [1.807, 2.05) is 0 Å². The van der Waals surface area contributed by atoms with Crippen molar-refractivity contribution in [2.45, 2.75) is 38.5 Å². The normalized spacial score (nSPS) is 14.3. The van der Waals surface area contributed by atoms with Crippen LogP contribution in [0.25, 0.3) is 44.8 Å². The number of aromatic nitrogens is 2. The minimum absolute atomic E-state index is 0.370. The van der Waals surface area contributed by atoms with Gasteiger partial charge in [-0.3, -0.25) is 4.90 Å². The van der Waals surface area contributed by atoms with Crippen LogP contribution in [0, 0.1) is 0 Å². The van der Waals surface area contributed by atoms with Crippen molar-refractivity contribution in [1.29, 1.82) is 0 Å². The minimum atomic E-state index is -0.399. The van der Waals surface area contributed by atoms with Gasteiger partial charge in [0.25, 0.3) is 0 Å². The summed E-state index contributed by atoms with van der Waals surface area (Å²) in [4.78, 5) is 15.8. The summed E-state index contributed by atoms with van der Waals surface area (Å²) in [6.45, 7) is 9.51. The summed E-state index contributed by atoms with van der Waals surface area (Å²) in [5.74, 6) is 0.635. The van der Waals surface area contributed by atoms with E-state index in [2.05, 4.69) is 244 Å². The Bertz CT molecular complexity index is 3050. The first-order valence-electron chi connectivity index (χ1n) is 21.5. The van der Waals surface area contributed by atoms with Gasteiger partial charge >= 0.3 is 0 Å². The van der Waals surface area contributed by atoms with Gasteiger partial charge < -0.3 is 4.90 Å². The van der Waals surface area contributed by atoms with E-state index in [9.17, 15) is 0 Å². The van der Waals surface area contributed by atoms with Crippen molar-refractivity contribution in [1.82, 2.24) is 9.97 Å². The molecule has 0 unspecified atom stereocenters. The summed E-state index contributed by atoms with van der Waals surface area (Å²) in [6, 6.07) is 74.1. The summed E-state index contributed by atoms with van der Waals surface area (Å²) in [7, 11) is 0. The molecular weight excluding hydrogens is 753 g/mol. The largest absolute Gasteiger partial charge is 0.310 e. The van der Waals surface area contributed by atoms with E-state index in [1.54, 1.807) is 0 Å². The fourth-order valence-electron chi connectivity index (χ4n) is 9.70. The highest BCUT2D eigenvalue weighted by Gasteiger charge is 2.44. The zero-order chi connectivity index (χ0) is 42.0. The van der Waals surface area contributed by atoms with Crippen molar-refractivity contribution < 1.29 is 0 Å². The lowest BCUT2D eigenvalue weighted by molar-refractivity contribution is 0.615. The third kappa shape index (κ3) is 6.13. The number of anilines is 6. The Balaban J connectivity index is 1.20. The lowest BCUT2D eigenvalue weighted by Gasteiger charge is -2.46. The molecule has 0 bridgehead atoms. The zero-order valence-corrected chi connectivity index (χ0v) is 35.4. The second kappa shape index (κ2) is 14.6. The maximum atomic E-state index is 5.48. The predicted molar refractivity (Wildman–Crippen MR) is 257 cm³/mol. The van der Waals surface area contributed by atoms with Gasteiger partial charge in [-0.1, -0.05) is 179 Å². The molecule has 0 fully saturated rings. The molecule has 9 aromatic rings. The van der Waals surface area contributed by atoms with Gasteiger partial charge in [-0.05, 0) is 99.1 Å². The molecular formula is C58H46N4. The average Bonchev–Trinajstić information content (AvgIpc) is 3.33. The fraction of sp³-hybridized carbons (Fsp3) is 0.103. The summed E-state index contributed by atoms with van der Waals surface area (Å²) < 4.78 is 0. The van der Waals surface area contributed by atoms with Crippen LogP contribution in [0.4, 0.5) is 34.4 Å². The van der Waals surface area contributed by atoms with Crippen LogP contribution in [0.1, 0.15) is 49.9 Å². The van der Waals surface area contributed by atoms with Gasteiger partial charge in [0.2, 0.25) is 5.95 Å². The second-order valence-electron chi connectivity index (χ2n) is 17.5. The Labute approximate surface area is 364 Å². The molecule has 4 heteroatoms. The molecule has 0 saturated heterocycles.